The highest BCUT2D eigenvalue weighted by Crippen LogP contribution is 2.32. The van der Waals surface area contributed by atoms with Gasteiger partial charge in [0.1, 0.15) is 16.3 Å². The molecule has 1 N–H and O–H groups in total. The number of H-pyrrole nitrogens is 1. The molecule has 0 unspecified atom stereocenters. The topological polar surface area (TPSA) is 93.0 Å². The molecule has 1 aromatic carbocycles. The first-order chi connectivity index (χ1) is 14.0. The number of hydrogen-bond acceptors (Lipinski definition) is 6. The predicted molar refractivity (Wildman–Crippen MR) is 134 cm³/mol. The van der Waals surface area contributed by atoms with Gasteiger partial charge in [0.2, 0.25) is 0 Å². The Morgan fingerprint density at radius 1 is 0.938 bits per heavy atom. The molecule has 0 bridgehead atoms. The van der Waals surface area contributed by atoms with Gasteiger partial charge in [-0.15, -0.1) is 48.6 Å². The molecular formula is C20H18Cl3N5O2S2. The number of nitrogens with zero attached hydrogens (tertiary/aromatic N) is 4. The second-order valence-corrected chi connectivity index (χ2v) is 9.49. The van der Waals surface area contributed by atoms with Crippen LogP contribution >= 0.6 is 48.6 Å². The van der Waals surface area contributed by atoms with Gasteiger partial charge in [0.15, 0.2) is 9.84 Å². The summed E-state index contributed by atoms with van der Waals surface area (Å²) in [6.45, 7) is 0. The Hall–Kier alpha value is -2.43. The van der Waals surface area contributed by atoms with E-state index in [0.717, 1.165) is 38.7 Å². The van der Waals surface area contributed by atoms with E-state index in [1.807, 2.05) is 34.3 Å². The summed E-state index contributed by atoms with van der Waals surface area (Å²) in [6.07, 6.45) is 8.57. The summed E-state index contributed by atoms with van der Waals surface area (Å²) >= 11 is 1.56. The van der Waals surface area contributed by atoms with Gasteiger partial charge in [0.05, 0.1) is 23.0 Å². The number of halogens is 3. The molecule has 0 fully saturated rings. The summed E-state index contributed by atoms with van der Waals surface area (Å²) in [6, 6.07) is 10.7. The van der Waals surface area contributed by atoms with Crippen LogP contribution in [-0.4, -0.2) is 39.2 Å². The van der Waals surface area contributed by atoms with Crippen LogP contribution < -0.4 is 0 Å². The number of fused-ring (bicyclic) bond motifs is 1. The molecule has 7 nitrogen and oxygen atoms in total. The lowest BCUT2D eigenvalue weighted by Gasteiger charge is -2.07. The Morgan fingerprint density at radius 2 is 1.66 bits per heavy atom. The molecule has 32 heavy (non-hydrogen) atoms. The van der Waals surface area contributed by atoms with Crippen LogP contribution in [0.5, 0.6) is 0 Å². The van der Waals surface area contributed by atoms with Crippen molar-refractivity contribution < 1.29 is 8.42 Å². The number of pyridine rings is 1. The minimum absolute atomic E-state index is 0. The minimum atomic E-state index is -3.24. The lowest BCUT2D eigenvalue weighted by molar-refractivity contribution is 0.602. The molecule has 0 saturated heterocycles. The van der Waals surface area contributed by atoms with Crippen LogP contribution in [0, 0.1) is 0 Å². The first kappa shape index (κ1) is 25.8. The van der Waals surface area contributed by atoms with Crippen molar-refractivity contribution in [2.45, 2.75) is 4.90 Å². The maximum absolute atomic E-state index is 11.7. The summed E-state index contributed by atoms with van der Waals surface area (Å²) < 4.78 is 25.4. The Labute approximate surface area is 207 Å². The van der Waals surface area contributed by atoms with Crippen LogP contribution in [0.2, 0.25) is 0 Å². The molecule has 0 atom stereocenters. The van der Waals surface area contributed by atoms with E-state index in [2.05, 4.69) is 20.2 Å². The van der Waals surface area contributed by atoms with E-state index in [4.69, 9.17) is 0 Å². The van der Waals surface area contributed by atoms with Gasteiger partial charge in [-0.2, -0.15) is 5.10 Å². The molecule has 5 rings (SSSR count). The van der Waals surface area contributed by atoms with Crippen LogP contribution in [0.25, 0.3) is 38.7 Å². The largest absolute Gasteiger partial charge is 0.297 e. The van der Waals surface area contributed by atoms with E-state index < -0.39 is 9.84 Å². The fraction of sp³-hybridized carbons (Fsp3) is 0.0500. The molecule has 4 heterocycles. The molecule has 0 aliphatic carbocycles. The molecule has 5 aromatic rings. The average molecular weight is 531 g/mol. The first-order valence-electron chi connectivity index (χ1n) is 8.72. The smallest absolute Gasteiger partial charge is 0.175 e. The van der Waals surface area contributed by atoms with E-state index in [1.54, 1.807) is 48.0 Å². The zero-order valence-electron chi connectivity index (χ0n) is 16.5. The van der Waals surface area contributed by atoms with E-state index in [1.165, 1.54) is 6.26 Å². The summed E-state index contributed by atoms with van der Waals surface area (Å²) in [4.78, 5) is 9.13. The van der Waals surface area contributed by atoms with Crippen molar-refractivity contribution in [2.75, 3.05) is 6.26 Å². The van der Waals surface area contributed by atoms with Crippen LogP contribution in [0.4, 0.5) is 0 Å². The monoisotopic (exact) mass is 529 g/mol. The van der Waals surface area contributed by atoms with E-state index in [9.17, 15) is 8.42 Å². The molecule has 0 spiro atoms. The number of aromatic amines is 1. The third-order valence-corrected chi connectivity index (χ3v) is 6.60. The van der Waals surface area contributed by atoms with Crippen LogP contribution in [0.1, 0.15) is 0 Å². The summed E-state index contributed by atoms with van der Waals surface area (Å²) in [5.74, 6) is 0. The van der Waals surface area contributed by atoms with Crippen molar-refractivity contribution in [3.05, 3.63) is 66.6 Å². The fourth-order valence-electron chi connectivity index (χ4n) is 3.24. The summed E-state index contributed by atoms with van der Waals surface area (Å²) in [5.41, 5.74) is 5.32. The highest BCUT2D eigenvalue weighted by Gasteiger charge is 2.14. The van der Waals surface area contributed by atoms with Gasteiger partial charge < -0.3 is 0 Å². The number of thiazole rings is 1. The van der Waals surface area contributed by atoms with Gasteiger partial charge in [-0.1, -0.05) is 12.1 Å². The van der Waals surface area contributed by atoms with Crippen LogP contribution in [-0.2, 0) is 9.84 Å². The third-order valence-electron chi connectivity index (χ3n) is 4.68. The van der Waals surface area contributed by atoms with E-state index >= 15 is 0 Å². The van der Waals surface area contributed by atoms with Crippen molar-refractivity contribution >= 4 is 64.0 Å². The lowest BCUT2D eigenvalue weighted by Crippen LogP contribution is -1.96. The molecule has 0 aliphatic rings. The molecule has 0 saturated carbocycles. The SMILES string of the molecule is CS(=O)(=O)c1ccc(-c2[nH]ncc2-c2ccc3ncc(-c4nccs4)n3c2)cc1.Cl.Cl.Cl. The fourth-order valence-corrected chi connectivity index (χ4v) is 4.52. The van der Waals surface area contributed by atoms with Crippen LogP contribution in [0.15, 0.2) is 71.5 Å². The van der Waals surface area contributed by atoms with Gasteiger partial charge in [-0.05, 0) is 24.3 Å². The van der Waals surface area contributed by atoms with Crippen molar-refractivity contribution in [1.82, 2.24) is 24.6 Å². The lowest BCUT2D eigenvalue weighted by atomic mass is 10.0. The second kappa shape index (κ2) is 10.0. The maximum Gasteiger partial charge on any atom is 0.175 e. The van der Waals surface area contributed by atoms with Gasteiger partial charge in [-0.25, -0.2) is 18.4 Å². The number of aromatic nitrogens is 5. The van der Waals surface area contributed by atoms with Gasteiger partial charge in [0, 0.05) is 40.7 Å². The van der Waals surface area contributed by atoms with Gasteiger partial charge in [-0.3, -0.25) is 9.50 Å². The Kier molecular flexibility index (Phi) is 8.08. The van der Waals surface area contributed by atoms with Crippen molar-refractivity contribution in [3.63, 3.8) is 0 Å². The first-order valence-corrected chi connectivity index (χ1v) is 11.5. The van der Waals surface area contributed by atoms with Gasteiger partial charge in [0.25, 0.3) is 0 Å². The molecule has 168 valence electrons. The Morgan fingerprint density at radius 3 is 2.31 bits per heavy atom. The zero-order valence-corrected chi connectivity index (χ0v) is 20.6. The second-order valence-electron chi connectivity index (χ2n) is 6.58. The Balaban J connectivity index is 0.00000121. The number of nitrogens with one attached hydrogen (secondary N) is 1. The highest BCUT2D eigenvalue weighted by molar-refractivity contribution is 7.90. The standard InChI is InChI=1S/C20H15N5O2S2.3ClH/c1-29(26,27)15-5-2-13(3-6-15)19-16(10-23-24-19)14-4-7-18-22-11-17(25(18)12-14)20-21-8-9-28-20;;;/h2-12H,1H3,(H,23,24);3*1H. The van der Waals surface area contributed by atoms with E-state index in [-0.39, 0.29) is 42.1 Å². The van der Waals surface area contributed by atoms with Crippen LogP contribution in [0.3, 0.4) is 0 Å². The number of rotatable bonds is 4. The van der Waals surface area contributed by atoms with Crippen molar-refractivity contribution in [3.8, 4) is 33.1 Å². The average Bonchev–Trinajstić information content (AvgIpc) is 3.46. The third kappa shape index (κ3) is 4.67. The molecule has 12 heteroatoms. The zero-order chi connectivity index (χ0) is 20.0. The molecule has 0 aliphatic heterocycles. The predicted octanol–water partition coefficient (Wildman–Crippen LogP) is 5.18. The normalized spacial score (nSPS) is 10.8. The number of benzene rings is 1. The van der Waals surface area contributed by atoms with Crippen molar-refractivity contribution in [1.29, 1.82) is 0 Å². The van der Waals surface area contributed by atoms with Gasteiger partial charge >= 0.3 is 0 Å². The maximum atomic E-state index is 11.7. The Bertz CT molecular complexity index is 1430. The molecular weight excluding hydrogens is 513 g/mol. The summed E-state index contributed by atoms with van der Waals surface area (Å²) in [7, 11) is -3.24. The molecule has 0 amide bonds. The number of sulfone groups is 1. The molecule has 0 radical (unpaired) electrons. The highest BCUT2D eigenvalue weighted by atomic mass is 35.5. The van der Waals surface area contributed by atoms with Crippen molar-refractivity contribution in [2.24, 2.45) is 0 Å². The number of hydrogen-bond donors (Lipinski definition) is 1. The van der Waals surface area contributed by atoms with E-state index in [0.29, 0.717) is 0 Å². The summed E-state index contributed by atoms with van der Waals surface area (Å²) in [5, 5.41) is 10.1. The quantitative estimate of drug-likeness (QED) is 0.345. The molecule has 4 aromatic heterocycles. The number of imidazole rings is 1. The minimum Gasteiger partial charge on any atom is -0.297 e.